The number of aliphatic hydroxyl groups excluding tert-OH is 1. The quantitative estimate of drug-likeness (QED) is 0.0288. The molecule has 54 heavy (non-hydrogen) atoms. The third-order valence-electron chi connectivity index (χ3n) is 13.5. The number of esters is 1. The predicted octanol–water partition coefficient (Wildman–Crippen LogP) is 12.2. The number of rotatable bonds is 26. The summed E-state index contributed by atoms with van der Waals surface area (Å²) in [6, 6.07) is 8.98. The maximum Gasteiger partial charge on any atom is 0.312 e. The number of carbonyl (C=O) groups is 2. The van der Waals surface area contributed by atoms with Crippen molar-refractivity contribution in [1.29, 1.82) is 0 Å². The molecule has 0 spiro atoms. The molecule has 7 heteroatoms. The molecule has 0 bridgehead atoms. The highest BCUT2D eigenvalue weighted by Gasteiger charge is 2.63. The van der Waals surface area contributed by atoms with Crippen LogP contribution in [-0.4, -0.2) is 48.1 Å². The molecule has 0 radical (unpaired) electrons. The van der Waals surface area contributed by atoms with Crippen LogP contribution in [0.4, 0.5) is 0 Å². The van der Waals surface area contributed by atoms with Gasteiger partial charge >= 0.3 is 5.97 Å². The normalized spacial score (nSPS) is 14.8. The van der Waals surface area contributed by atoms with E-state index in [1.165, 1.54) is 30.4 Å². The van der Waals surface area contributed by atoms with Crippen molar-refractivity contribution in [3.05, 3.63) is 72.7 Å². The first-order chi connectivity index (χ1) is 24.9. The molecule has 0 heterocycles. The van der Waals surface area contributed by atoms with E-state index in [4.69, 9.17) is 4.74 Å². The number of nitrogens with one attached hydrogen (secondary N) is 1. The molecule has 2 N–H and O–H groups in total. The smallest absolute Gasteiger partial charge is 0.312 e. The highest BCUT2D eigenvalue weighted by atomic mass is 32.1. The number of unbranched alkanes of at least 4 members (excludes halogenated alkanes) is 1. The van der Waals surface area contributed by atoms with Crippen LogP contribution in [0.3, 0.4) is 0 Å². The van der Waals surface area contributed by atoms with Gasteiger partial charge in [-0.1, -0.05) is 139 Å². The number of amides is 1. The average Bonchev–Trinajstić information content (AvgIpc) is 3.10. The summed E-state index contributed by atoms with van der Waals surface area (Å²) in [5, 5.41) is 12.7. The first-order valence-electron chi connectivity index (χ1n) is 20.5. The van der Waals surface area contributed by atoms with Crippen molar-refractivity contribution < 1.29 is 19.4 Å². The lowest BCUT2D eigenvalue weighted by Crippen LogP contribution is -2.59. The minimum atomic E-state index is -0.853. The molecule has 0 aliphatic carbocycles. The average molecular weight is 769 g/mol. The molecule has 0 aromatic heterocycles. The largest absolute Gasteiger partial charge is 0.513 e. The van der Waals surface area contributed by atoms with E-state index in [0.717, 1.165) is 12.1 Å². The molecular weight excluding hydrogens is 689 g/mol. The van der Waals surface area contributed by atoms with Gasteiger partial charge in [0.1, 0.15) is 0 Å². The third kappa shape index (κ3) is 13.2. The molecule has 0 aliphatic rings. The van der Waals surface area contributed by atoms with Crippen molar-refractivity contribution in [2.45, 2.75) is 153 Å². The molecule has 1 aromatic rings. The van der Waals surface area contributed by atoms with Gasteiger partial charge in [0.2, 0.25) is 5.91 Å². The van der Waals surface area contributed by atoms with E-state index in [1.54, 1.807) is 6.08 Å². The zero-order valence-corrected chi connectivity index (χ0v) is 37.5. The van der Waals surface area contributed by atoms with Crippen LogP contribution in [-0.2, 0) is 20.1 Å². The molecule has 1 rings (SSSR count). The van der Waals surface area contributed by atoms with Gasteiger partial charge in [0.15, 0.2) is 0 Å². The van der Waals surface area contributed by atoms with Crippen molar-refractivity contribution in [2.75, 3.05) is 26.2 Å². The molecule has 0 aliphatic heterocycles. The Morgan fingerprint density at radius 1 is 0.944 bits per heavy atom. The predicted molar refractivity (Wildman–Crippen MR) is 234 cm³/mol. The molecular formula is C47H80N2O4S. The SMILES string of the molecule is C=CCCC(=O)N(CCCOC(=O)C(C)(C(C)(C)C)C(C)(C)C(C)(C)C(CC(C)(C)C(C)CCCC)c1ccc(CS)cc1)CCNC(=C)CCC(=C)O. The Labute approximate surface area is 337 Å². The van der Waals surface area contributed by atoms with Gasteiger partial charge in [-0.15, -0.1) is 6.58 Å². The van der Waals surface area contributed by atoms with Crippen LogP contribution in [0.5, 0.6) is 0 Å². The summed E-state index contributed by atoms with van der Waals surface area (Å²) >= 11 is 4.53. The lowest BCUT2D eigenvalue weighted by molar-refractivity contribution is -0.188. The Morgan fingerprint density at radius 2 is 1.56 bits per heavy atom. The Bertz CT molecular complexity index is 1360. The fraction of sp³-hybridized carbons (Fsp3) is 0.702. The van der Waals surface area contributed by atoms with Gasteiger partial charge in [0.25, 0.3) is 0 Å². The van der Waals surface area contributed by atoms with Gasteiger partial charge < -0.3 is 20.1 Å². The van der Waals surface area contributed by atoms with Crippen molar-refractivity contribution in [3.8, 4) is 0 Å². The third-order valence-corrected chi connectivity index (χ3v) is 13.8. The van der Waals surface area contributed by atoms with E-state index < -0.39 is 16.2 Å². The second-order valence-corrected chi connectivity index (χ2v) is 19.0. The van der Waals surface area contributed by atoms with Gasteiger partial charge in [-0.3, -0.25) is 9.59 Å². The maximum atomic E-state index is 14.7. The summed E-state index contributed by atoms with van der Waals surface area (Å²) < 4.78 is 6.26. The van der Waals surface area contributed by atoms with Gasteiger partial charge in [0.05, 0.1) is 17.8 Å². The van der Waals surface area contributed by atoms with Gasteiger partial charge in [-0.2, -0.15) is 12.6 Å². The maximum absolute atomic E-state index is 14.7. The Hall–Kier alpha value is -2.67. The van der Waals surface area contributed by atoms with Crippen molar-refractivity contribution >= 4 is 24.5 Å². The minimum absolute atomic E-state index is 0.0418. The van der Waals surface area contributed by atoms with Gasteiger partial charge in [0, 0.05) is 43.9 Å². The lowest BCUT2D eigenvalue weighted by atomic mass is 9.43. The van der Waals surface area contributed by atoms with E-state index in [1.807, 2.05) is 4.90 Å². The van der Waals surface area contributed by atoms with Crippen LogP contribution < -0.4 is 5.32 Å². The lowest BCUT2D eigenvalue weighted by Gasteiger charge is -2.60. The van der Waals surface area contributed by atoms with E-state index in [9.17, 15) is 14.7 Å². The van der Waals surface area contributed by atoms with E-state index >= 15 is 0 Å². The highest BCUT2D eigenvalue weighted by molar-refractivity contribution is 7.79. The monoisotopic (exact) mass is 769 g/mol. The topological polar surface area (TPSA) is 78.9 Å². The second-order valence-electron chi connectivity index (χ2n) is 18.7. The number of allylic oxidation sites excluding steroid dienone is 3. The highest BCUT2D eigenvalue weighted by Crippen LogP contribution is 2.65. The summed E-state index contributed by atoms with van der Waals surface area (Å²) in [5.74, 6) is 1.40. The van der Waals surface area contributed by atoms with Crippen LogP contribution in [0, 0.1) is 33.0 Å². The Kier molecular flexibility index (Phi) is 19.7. The molecule has 0 saturated heterocycles. The van der Waals surface area contributed by atoms with E-state index in [0.29, 0.717) is 63.4 Å². The number of benzene rings is 1. The van der Waals surface area contributed by atoms with Crippen LogP contribution in [0.1, 0.15) is 158 Å². The van der Waals surface area contributed by atoms with Crippen LogP contribution >= 0.6 is 12.6 Å². The first kappa shape index (κ1) is 49.3. The number of carbonyl (C=O) groups excluding carboxylic acids is 2. The molecule has 308 valence electrons. The Morgan fingerprint density at radius 3 is 2.07 bits per heavy atom. The van der Waals surface area contributed by atoms with E-state index in [2.05, 4.69) is 145 Å². The molecule has 0 saturated carbocycles. The fourth-order valence-corrected chi connectivity index (χ4v) is 8.12. The minimum Gasteiger partial charge on any atom is -0.513 e. The summed E-state index contributed by atoms with van der Waals surface area (Å²) in [7, 11) is 0. The van der Waals surface area contributed by atoms with Crippen molar-refractivity contribution in [1.82, 2.24) is 10.2 Å². The standard InChI is InChI=1S/C47H80N2O4S/c1-16-18-21-35(3)44(9,10)33-40(39-27-25-38(34-54)26-28-39)45(11,12)46(13,14)47(15,43(6,7)8)42(52)53-32-20-30-49(41(51)22-19-17-2)31-29-48-36(4)23-24-37(5)50/h17,25-28,35,40,48,50,54H,2,4-5,16,18-24,29-34H2,1,3,6-15H3. The number of nitrogens with zero attached hydrogens (tertiary/aromatic N) is 1. The zero-order chi connectivity index (χ0) is 41.5. The number of hydrogen-bond donors (Lipinski definition) is 3. The summed E-state index contributed by atoms with van der Waals surface area (Å²) in [6.07, 6.45) is 8.92. The fourth-order valence-electron chi connectivity index (χ4n) is 7.91. The molecule has 3 atom stereocenters. The zero-order valence-electron chi connectivity index (χ0n) is 36.6. The van der Waals surface area contributed by atoms with Crippen molar-refractivity contribution in [3.63, 3.8) is 0 Å². The number of thiol groups is 1. The summed E-state index contributed by atoms with van der Waals surface area (Å²) in [4.78, 5) is 29.6. The van der Waals surface area contributed by atoms with Crippen LogP contribution in [0.15, 0.2) is 61.5 Å². The van der Waals surface area contributed by atoms with Crippen LogP contribution in [0.2, 0.25) is 0 Å². The summed E-state index contributed by atoms with van der Waals surface area (Å²) in [6.45, 7) is 40.5. The first-order valence-corrected chi connectivity index (χ1v) is 21.1. The van der Waals surface area contributed by atoms with Crippen LogP contribution in [0.25, 0.3) is 0 Å². The molecule has 3 unspecified atom stereocenters. The Balaban J connectivity index is 3.38. The van der Waals surface area contributed by atoms with Crippen molar-refractivity contribution in [2.24, 2.45) is 33.0 Å². The second kappa shape index (κ2) is 21.6. The van der Waals surface area contributed by atoms with Gasteiger partial charge in [-0.25, -0.2) is 0 Å². The summed E-state index contributed by atoms with van der Waals surface area (Å²) in [5.41, 5.74) is 1.27. The molecule has 0 fully saturated rings. The number of ether oxygens (including phenoxy) is 1. The molecule has 6 nitrogen and oxygen atoms in total. The van der Waals surface area contributed by atoms with E-state index in [-0.39, 0.29) is 41.0 Å². The number of hydrogen-bond acceptors (Lipinski definition) is 6. The van der Waals surface area contributed by atoms with Gasteiger partial charge in [-0.05, 0) is 77.2 Å². The molecule has 1 amide bonds. The number of aliphatic hydroxyl groups is 1. The molecule has 1 aromatic carbocycles.